The predicted octanol–water partition coefficient (Wildman–Crippen LogP) is 1.89. The van der Waals surface area contributed by atoms with E-state index in [1.54, 1.807) is 12.7 Å². The number of unbranched alkanes of at least 4 members (excludes halogenated alkanes) is 1. The van der Waals surface area contributed by atoms with Crippen LogP contribution in [0.15, 0.2) is 48.0 Å². The number of piperidine rings is 1. The molecule has 2 aromatic rings. The predicted molar refractivity (Wildman–Crippen MR) is 108 cm³/mol. The van der Waals surface area contributed by atoms with Gasteiger partial charge in [-0.3, -0.25) is 9.89 Å². The number of nitrogens with one attached hydrogen (secondary N) is 2. The van der Waals surface area contributed by atoms with Crippen LogP contribution in [0.5, 0.6) is 0 Å². The summed E-state index contributed by atoms with van der Waals surface area (Å²) in [5.41, 5.74) is 1.40. The Morgan fingerprint density at radius 1 is 1.11 bits per heavy atom. The monoisotopic (exact) mass is 369 g/mol. The molecule has 1 aliphatic heterocycles. The lowest BCUT2D eigenvalue weighted by Crippen LogP contribution is -2.48. The fourth-order valence-electron chi connectivity index (χ4n) is 3.43. The molecule has 146 valence electrons. The van der Waals surface area contributed by atoms with Crippen LogP contribution in [0, 0.1) is 0 Å². The number of hydrogen-bond donors (Lipinski definition) is 2. The Balaban J connectivity index is 1.30. The van der Waals surface area contributed by atoms with E-state index >= 15 is 0 Å². The Labute approximate surface area is 161 Å². The van der Waals surface area contributed by atoms with Crippen molar-refractivity contribution in [2.75, 3.05) is 26.7 Å². The average molecular weight is 370 g/mol. The van der Waals surface area contributed by atoms with Crippen LogP contribution >= 0.6 is 0 Å². The van der Waals surface area contributed by atoms with E-state index in [0.717, 1.165) is 64.4 Å². The molecular formula is C20H31N7. The maximum Gasteiger partial charge on any atom is 0.191 e. The molecule has 1 aliphatic rings. The van der Waals surface area contributed by atoms with Gasteiger partial charge in [-0.2, -0.15) is 0 Å². The second kappa shape index (κ2) is 10.7. The van der Waals surface area contributed by atoms with Crippen molar-refractivity contribution in [3.8, 4) is 0 Å². The Bertz CT molecular complexity index is 661. The van der Waals surface area contributed by atoms with Gasteiger partial charge in [0.2, 0.25) is 0 Å². The van der Waals surface area contributed by atoms with E-state index in [1.165, 1.54) is 5.56 Å². The Morgan fingerprint density at radius 2 is 1.85 bits per heavy atom. The summed E-state index contributed by atoms with van der Waals surface area (Å²) in [5, 5.41) is 14.7. The second-order valence-electron chi connectivity index (χ2n) is 7.09. The molecule has 0 saturated carbocycles. The summed E-state index contributed by atoms with van der Waals surface area (Å²) in [5.74, 6) is 0.917. The Kier molecular flexibility index (Phi) is 7.65. The van der Waals surface area contributed by atoms with E-state index in [1.807, 2.05) is 11.6 Å². The van der Waals surface area contributed by atoms with Gasteiger partial charge in [-0.1, -0.05) is 30.3 Å². The van der Waals surface area contributed by atoms with Crippen molar-refractivity contribution in [2.45, 2.75) is 44.8 Å². The minimum atomic E-state index is 0.500. The maximum absolute atomic E-state index is 4.37. The van der Waals surface area contributed by atoms with Crippen LogP contribution < -0.4 is 10.6 Å². The van der Waals surface area contributed by atoms with Crippen molar-refractivity contribution in [3.05, 3.63) is 48.5 Å². The number of likely N-dealkylation sites (tertiary alicyclic amines) is 1. The van der Waals surface area contributed by atoms with Gasteiger partial charge in [0.25, 0.3) is 0 Å². The fourth-order valence-corrected chi connectivity index (χ4v) is 3.43. The van der Waals surface area contributed by atoms with Crippen LogP contribution in [0.25, 0.3) is 0 Å². The smallest absolute Gasteiger partial charge is 0.191 e. The third kappa shape index (κ3) is 6.67. The molecule has 2 heterocycles. The molecule has 1 aromatic carbocycles. The molecule has 1 aromatic heterocycles. The molecule has 1 saturated heterocycles. The van der Waals surface area contributed by atoms with Crippen molar-refractivity contribution in [3.63, 3.8) is 0 Å². The second-order valence-corrected chi connectivity index (χ2v) is 7.09. The average Bonchev–Trinajstić information content (AvgIpc) is 3.22. The Hall–Kier alpha value is -2.41. The van der Waals surface area contributed by atoms with Crippen molar-refractivity contribution in [2.24, 2.45) is 4.99 Å². The van der Waals surface area contributed by atoms with Crippen molar-refractivity contribution in [1.82, 2.24) is 30.3 Å². The molecule has 0 unspecified atom stereocenters. The lowest BCUT2D eigenvalue weighted by molar-refractivity contribution is 0.198. The first-order valence-electron chi connectivity index (χ1n) is 9.89. The number of aryl methyl sites for hydroxylation is 1. The highest BCUT2D eigenvalue weighted by Gasteiger charge is 2.19. The molecule has 7 heteroatoms. The highest BCUT2D eigenvalue weighted by molar-refractivity contribution is 5.79. The molecule has 0 amide bonds. The van der Waals surface area contributed by atoms with Crippen LogP contribution in [-0.2, 0) is 13.1 Å². The summed E-state index contributed by atoms with van der Waals surface area (Å²) >= 11 is 0. The minimum absolute atomic E-state index is 0.500. The highest BCUT2D eigenvalue weighted by atomic mass is 15.2. The lowest BCUT2D eigenvalue weighted by Gasteiger charge is -2.33. The number of aromatic nitrogens is 3. The Morgan fingerprint density at radius 3 is 2.56 bits per heavy atom. The van der Waals surface area contributed by atoms with E-state index in [9.17, 15) is 0 Å². The van der Waals surface area contributed by atoms with Gasteiger partial charge in [-0.15, -0.1) is 10.2 Å². The van der Waals surface area contributed by atoms with E-state index < -0.39 is 0 Å². The van der Waals surface area contributed by atoms with Gasteiger partial charge in [-0.05, 0) is 31.2 Å². The van der Waals surface area contributed by atoms with E-state index in [-0.39, 0.29) is 0 Å². The molecule has 0 spiro atoms. The number of guanidine groups is 1. The van der Waals surface area contributed by atoms with Crippen molar-refractivity contribution >= 4 is 5.96 Å². The minimum Gasteiger partial charge on any atom is -0.356 e. The molecule has 27 heavy (non-hydrogen) atoms. The lowest BCUT2D eigenvalue weighted by atomic mass is 10.0. The molecule has 0 radical (unpaired) electrons. The molecule has 0 bridgehead atoms. The number of rotatable bonds is 8. The van der Waals surface area contributed by atoms with Crippen molar-refractivity contribution < 1.29 is 0 Å². The van der Waals surface area contributed by atoms with Crippen LogP contribution in [0.3, 0.4) is 0 Å². The summed E-state index contributed by atoms with van der Waals surface area (Å²) in [6.07, 6.45) is 8.02. The van der Waals surface area contributed by atoms with Gasteiger partial charge in [0, 0.05) is 45.8 Å². The standard InChI is InChI=1S/C20H31N7/c1-21-20(22-11-5-6-12-27-16-23-24-17-27)25-19-9-13-26(14-10-19)15-18-7-3-2-4-8-18/h2-4,7-8,16-17,19H,5-6,9-15H2,1H3,(H2,21,22,25). The topological polar surface area (TPSA) is 70.4 Å². The largest absolute Gasteiger partial charge is 0.356 e. The van der Waals surface area contributed by atoms with Gasteiger partial charge in [0.15, 0.2) is 5.96 Å². The van der Waals surface area contributed by atoms with Crippen LogP contribution in [0.4, 0.5) is 0 Å². The first kappa shape index (κ1) is 19.4. The molecule has 3 rings (SSSR count). The van der Waals surface area contributed by atoms with Crippen LogP contribution in [0.2, 0.25) is 0 Å². The highest BCUT2D eigenvalue weighted by Crippen LogP contribution is 2.13. The maximum atomic E-state index is 4.37. The summed E-state index contributed by atoms with van der Waals surface area (Å²) in [7, 11) is 1.84. The van der Waals surface area contributed by atoms with Gasteiger partial charge < -0.3 is 15.2 Å². The number of aliphatic imine (C=N–C) groups is 1. The first-order valence-corrected chi connectivity index (χ1v) is 9.89. The van der Waals surface area contributed by atoms with E-state index in [0.29, 0.717) is 6.04 Å². The van der Waals surface area contributed by atoms with Crippen molar-refractivity contribution in [1.29, 1.82) is 0 Å². The summed E-state index contributed by atoms with van der Waals surface area (Å²) in [4.78, 5) is 6.91. The third-order valence-electron chi connectivity index (χ3n) is 5.00. The van der Waals surface area contributed by atoms with Gasteiger partial charge in [-0.25, -0.2) is 0 Å². The SMILES string of the molecule is CN=C(NCCCCn1cnnc1)NC1CCN(Cc2ccccc2)CC1. The molecule has 1 fully saturated rings. The number of hydrogen-bond acceptors (Lipinski definition) is 4. The van der Waals surface area contributed by atoms with Gasteiger partial charge in [0.1, 0.15) is 12.7 Å². The molecule has 0 aliphatic carbocycles. The zero-order valence-electron chi connectivity index (χ0n) is 16.2. The number of benzene rings is 1. The molecular weight excluding hydrogens is 338 g/mol. The zero-order valence-corrected chi connectivity index (χ0v) is 16.2. The fraction of sp³-hybridized carbons (Fsp3) is 0.550. The van der Waals surface area contributed by atoms with Gasteiger partial charge >= 0.3 is 0 Å². The van der Waals surface area contributed by atoms with Crippen LogP contribution in [0.1, 0.15) is 31.2 Å². The summed E-state index contributed by atoms with van der Waals surface area (Å²) in [6.45, 7) is 5.19. The third-order valence-corrected chi connectivity index (χ3v) is 5.00. The zero-order chi connectivity index (χ0) is 18.7. The first-order chi connectivity index (χ1) is 13.3. The molecule has 0 atom stereocenters. The summed E-state index contributed by atoms with van der Waals surface area (Å²) < 4.78 is 2.01. The quantitative estimate of drug-likeness (QED) is 0.422. The normalized spacial score (nSPS) is 16.4. The van der Waals surface area contributed by atoms with E-state index in [4.69, 9.17) is 0 Å². The molecule has 2 N–H and O–H groups in total. The summed E-state index contributed by atoms with van der Waals surface area (Å²) in [6, 6.07) is 11.2. The number of nitrogens with zero attached hydrogens (tertiary/aromatic N) is 5. The van der Waals surface area contributed by atoms with Crippen LogP contribution in [-0.4, -0.2) is 58.3 Å². The molecule has 7 nitrogen and oxygen atoms in total. The van der Waals surface area contributed by atoms with Gasteiger partial charge in [0.05, 0.1) is 0 Å². The van der Waals surface area contributed by atoms with E-state index in [2.05, 4.69) is 61.1 Å².